The summed E-state index contributed by atoms with van der Waals surface area (Å²) in [7, 11) is 0. The highest BCUT2D eigenvalue weighted by Gasteiger charge is 2.19. The van der Waals surface area contributed by atoms with Gasteiger partial charge in [-0.05, 0) is 56.0 Å². The molecule has 35 heavy (non-hydrogen) atoms. The van der Waals surface area contributed by atoms with Crippen LogP contribution in [0.2, 0.25) is 0 Å². The summed E-state index contributed by atoms with van der Waals surface area (Å²) in [4.78, 5) is 35.7. The second-order valence-electron chi connectivity index (χ2n) is 8.71. The monoisotopic (exact) mass is 480 g/mol. The summed E-state index contributed by atoms with van der Waals surface area (Å²) in [6, 6.07) is 9.63. The number of nitrogens with one attached hydrogen (secondary N) is 1. The zero-order valence-corrected chi connectivity index (χ0v) is 19.9. The summed E-state index contributed by atoms with van der Waals surface area (Å²) in [5.41, 5.74) is 0.704. The van der Waals surface area contributed by atoms with Gasteiger partial charge in [-0.15, -0.1) is 0 Å². The third kappa shape index (κ3) is 6.20. The van der Waals surface area contributed by atoms with Gasteiger partial charge in [0.05, 0.1) is 12.2 Å². The number of halogens is 1. The fourth-order valence-corrected chi connectivity index (χ4v) is 3.89. The molecule has 1 aliphatic rings. The number of hydrogen-bond acceptors (Lipinski definition) is 7. The lowest BCUT2D eigenvalue weighted by molar-refractivity contribution is -0.124. The first-order valence-corrected chi connectivity index (χ1v) is 11.7. The minimum absolute atomic E-state index is 0.212. The Morgan fingerprint density at radius 2 is 1.91 bits per heavy atom. The summed E-state index contributed by atoms with van der Waals surface area (Å²) in [5.74, 6) is 1.28. The van der Waals surface area contributed by atoms with Crippen LogP contribution in [0, 0.1) is 11.7 Å². The second kappa shape index (κ2) is 11.1. The van der Waals surface area contributed by atoms with Crippen LogP contribution in [0.15, 0.2) is 53.6 Å². The molecule has 1 N–H and O–H groups in total. The maximum atomic E-state index is 13.2. The van der Waals surface area contributed by atoms with E-state index in [4.69, 9.17) is 4.74 Å². The molecule has 10 heteroatoms. The van der Waals surface area contributed by atoms with E-state index < -0.39 is 11.6 Å². The highest BCUT2D eigenvalue weighted by Crippen LogP contribution is 2.23. The van der Waals surface area contributed by atoms with E-state index in [0.29, 0.717) is 17.1 Å². The van der Waals surface area contributed by atoms with Crippen molar-refractivity contribution in [1.29, 1.82) is 0 Å². The van der Waals surface area contributed by atoms with Crippen molar-refractivity contribution in [2.75, 3.05) is 31.1 Å². The minimum Gasteiger partial charge on any atom is -0.476 e. The number of rotatable bonds is 8. The molecule has 0 aliphatic carbocycles. The van der Waals surface area contributed by atoms with Gasteiger partial charge in [-0.1, -0.05) is 6.92 Å². The molecule has 184 valence electrons. The second-order valence-corrected chi connectivity index (χ2v) is 8.71. The standard InChI is InChI=1S/C25H29FN6O3/c1-17-9-12-31(13-10-17)22-15-23(29-16-28-22)35-14-11-27-25(34)18(2)32-24(33)8-7-21(30-32)19-3-5-20(26)6-4-19/h3-8,15-18H,9-14H2,1-2H3,(H,27,34). The SMILES string of the molecule is CC1CCN(c2cc(OCCNC(=O)C(C)n3nc(-c4ccc(F)cc4)ccc3=O)ncn2)CC1. The average Bonchev–Trinajstić information content (AvgIpc) is 2.87. The van der Waals surface area contributed by atoms with E-state index in [1.807, 2.05) is 6.07 Å². The fraction of sp³-hybridized carbons (Fsp3) is 0.400. The molecule has 3 aromatic rings. The van der Waals surface area contributed by atoms with Crippen LogP contribution in [-0.4, -0.2) is 51.9 Å². The van der Waals surface area contributed by atoms with Crippen LogP contribution in [0.3, 0.4) is 0 Å². The number of amides is 1. The van der Waals surface area contributed by atoms with Crippen molar-refractivity contribution in [1.82, 2.24) is 25.1 Å². The van der Waals surface area contributed by atoms with E-state index >= 15 is 0 Å². The molecule has 0 saturated carbocycles. The maximum Gasteiger partial charge on any atom is 0.267 e. The van der Waals surface area contributed by atoms with Crippen molar-refractivity contribution in [3.8, 4) is 17.1 Å². The molecule has 9 nitrogen and oxygen atoms in total. The van der Waals surface area contributed by atoms with E-state index in [0.717, 1.165) is 42.3 Å². The molecule has 0 spiro atoms. The number of anilines is 1. The molecule has 0 radical (unpaired) electrons. The molecular weight excluding hydrogens is 451 g/mol. The summed E-state index contributed by atoms with van der Waals surface area (Å²) < 4.78 is 20.0. The number of aromatic nitrogens is 4. The molecule has 2 aromatic heterocycles. The molecule has 3 heterocycles. The van der Waals surface area contributed by atoms with Crippen molar-refractivity contribution in [2.24, 2.45) is 5.92 Å². The first kappa shape index (κ1) is 24.3. The van der Waals surface area contributed by atoms with E-state index in [1.54, 1.807) is 25.1 Å². The molecule has 1 saturated heterocycles. The maximum absolute atomic E-state index is 13.2. The van der Waals surface area contributed by atoms with Crippen molar-refractivity contribution in [3.05, 3.63) is 65.0 Å². The molecule has 1 atom stereocenters. The highest BCUT2D eigenvalue weighted by molar-refractivity contribution is 5.79. The van der Waals surface area contributed by atoms with Gasteiger partial charge in [-0.3, -0.25) is 9.59 Å². The highest BCUT2D eigenvalue weighted by atomic mass is 19.1. The van der Waals surface area contributed by atoms with Gasteiger partial charge in [0.2, 0.25) is 11.8 Å². The van der Waals surface area contributed by atoms with Crippen LogP contribution in [0.1, 0.15) is 32.7 Å². The fourth-order valence-electron chi connectivity index (χ4n) is 3.89. The molecule has 1 aliphatic heterocycles. The Labute approximate surface area is 203 Å². The number of carbonyl (C=O) groups is 1. The number of nitrogens with zero attached hydrogens (tertiary/aromatic N) is 5. The first-order chi connectivity index (χ1) is 16.9. The van der Waals surface area contributed by atoms with Gasteiger partial charge in [0.15, 0.2) is 0 Å². The number of hydrogen-bond donors (Lipinski definition) is 1. The van der Waals surface area contributed by atoms with Crippen LogP contribution in [0.4, 0.5) is 10.2 Å². The van der Waals surface area contributed by atoms with Crippen LogP contribution in [0.25, 0.3) is 11.3 Å². The topological polar surface area (TPSA) is 102 Å². The predicted octanol–water partition coefficient (Wildman–Crippen LogP) is 2.83. The number of piperidine rings is 1. The van der Waals surface area contributed by atoms with E-state index in [9.17, 15) is 14.0 Å². The summed E-state index contributed by atoms with van der Waals surface area (Å²) >= 11 is 0. The van der Waals surface area contributed by atoms with E-state index in [-0.39, 0.29) is 24.9 Å². The van der Waals surface area contributed by atoms with Gasteiger partial charge >= 0.3 is 0 Å². The molecule has 4 rings (SSSR count). The van der Waals surface area contributed by atoms with E-state index in [2.05, 4.69) is 32.2 Å². The third-order valence-corrected chi connectivity index (χ3v) is 6.10. The van der Waals surface area contributed by atoms with Crippen molar-refractivity contribution < 1.29 is 13.9 Å². The van der Waals surface area contributed by atoms with Crippen molar-refractivity contribution >= 4 is 11.7 Å². The molecule has 1 amide bonds. The zero-order chi connectivity index (χ0) is 24.8. The van der Waals surface area contributed by atoms with Crippen LogP contribution in [0.5, 0.6) is 5.88 Å². The Bertz CT molecular complexity index is 1210. The van der Waals surface area contributed by atoms with Crippen LogP contribution in [-0.2, 0) is 4.79 Å². The average molecular weight is 481 g/mol. The smallest absolute Gasteiger partial charge is 0.267 e. The number of benzene rings is 1. The normalized spacial score (nSPS) is 15.0. The molecule has 1 unspecified atom stereocenters. The Balaban J connectivity index is 1.31. The summed E-state index contributed by atoms with van der Waals surface area (Å²) in [5, 5.41) is 7.06. The van der Waals surface area contributed by atoms with Gasteiger partial charge in [0.25, 0.3) is 5.56 Å². The number of carbonyl (C=O) groups excluding carboxylic acids is 1. The summed E-state index contributed by atoms with van der Waals surface area (Å²) in [6.07, 6.45) is 3.75. The van der Waals surface area contributed by atoms with Gasteiger partial charge in [-0.2, -0.15) is 5.10 Å². The molecule has 0 bridgehead atoms. The van der Waals surface area contributed by atoms with Gasteiger partial charge in [0.1, 0.15) is 30.6 Å². The quantitative estimate of drug-likeness (QED) is 0.495. The summed E-state index contributed by atoms with van der Waals surface area (Å²) in [6.45, 7) is 6.22. The van der Waals surface area contributed by atoms with Crippen molar-refractivity contribution in [2.45, 2.75) is 32.7 Å². The van der Waals surface area contributed by atoms with Gasteiger partial charge in [0, 0.05) is 30.8 Å². The molecule has 1 fully saturated rings. The lowest BCUT2D eigenvalue weighted by atomic mass is 9.99. The predicted molar refractivity (Wildman–Crippen MR) is 130 cm³/mol. The lowest BCUT2D eigenvalue weighted by Crippen LogP contribution is -2.38. The number of ether oxygens (including phenoxy) is 1. The Hall–Kier alpha value is -3.82. The third-order valence-electron chi connectivity index (χ3n) is 6.10. The molecular formula is C25H29FN6O3. The van der Waals surface area contributed by atoms with Crippen LogP contribution >= 0.6 is 0 Å². The van der Waals surface area contributed by atoms with Gasteiger partial charge < -0.3 is 15.0 Å². The Morgan fingerprint density at radius 1 is 1.17 bits per heavy atom. The van der Waals surface area contributed by atoms with E-state index in [1.165, 1.54) is 24.5 Å². The zero-order valence-electron chi connectivity index (χ0n) is 19.9. The van der Waals surface area contributed by atoms with Crippen LogP contribution < -0.4 is 20.5 Å². The largest absolute Gasteiger partial charge is 0.476 e. The van der Waals surface area contributed by atoms with Gasteiger partial charge in [-0.25, -0.2) is 19.0 Å². The first-order valence-electron chi connectivity index (χ1n) is 11.7. The minimum atomic E-state index is -0.838. The Morgan fingerprint density at radius 3 is 2.66 bits per heavy atom. The lowest BCUT2D eigenvalue weighted by Gasteiger charge is -2.31. The van der Waals surface area contributed by atoms with Crippen molar-refractivity contribution in [3.63, 3.8) is 0 Å². The molecule has 1 aromatic carbocycles. The Kier molecular flexibility index (Phi) is 7.69.